The molecule has 0 unspecified atom stereocenters. The Morgan fingerprint density at radius 2 is 1.96 bits per heavy atom. The molecule has 28 heavy (non-hydrogen) atoms. The highest BCUT2D eigenvalue weighted by Gasteiger charge is 2.22. The van der Waals surface area contributed by atoms with Crippen molar-refractivity contribution in [1.82, 2.24) is 15.1 Å². The number of aromatic amines is 1. The Labute approximate surface area is 162 Å². The van der Waals surface area contributed by atoms with Crippen LogP contribution in [0.4, 0.5) is 0 Å². The molecule has 0 atom stereocenters. The molecular formula is C20H21N3O5. The number of hydrogen-bond acceptors (Lipinski definition) is 6. The van der Waals surface area contributed by atoms with Crippen LogP contribution < -0.4 is 9.47 Å². The van der Waals surface area contributed by atoms with Crippen molar-refractivity contribution in [3.63, 3.8) is 0 Å². The summed E-state index contributed by atoms with van der Waals surface area (Å²) in [5.41, 5.74) is 2.64. The van der Waals surface area contributed by atoms with Crippen molar-refractivity contribution in [2.45, 2.75) is 0 Å². The Morgan fingerprint density at radius 1 is 1.18 bits per heavy atom. The molecule has 1 N–H and O–H groups in total. The van der Waals surface area contributed by atoms with Gasteiger partial charge in [0.25, 0.3) is 5.91 Å². The minimum atomic E-state index is -0.591. The van der Waals surface area contributed by atoms with E-state index in [0.29, 0.717) is 5.75 Å². The number of methoxy groups -OCH3 is 2. The third-order valence-electron chi connectivity index (χ3n) is 4.31. The number of rotatable bonds is 6. The molecule has 0 saturated carbocycles. The van der Waals surface area contributed by atoms with Crippen molar-refractivity contribution in [3.05, 3.63) is 42.1 Å². The minimum absolute atomic E-state index is 0.160. The van der Waals surface area contributed by atoms with Crippen LogP contribution in [0.5, 0.6) is 11.5 Å². The second-order valence-corrected chi connectivity index (χ2v) is 6.26. The number of benzene rings is 2. The number of carbonyl (C=O) groups is 2. The van der Waals surface area contributed by atoms with Crippen LogP contribution in [0.3, 0.4) is 0 Å². The maximum absolute atomic E-state index is 12.4. The first kappa shape index (κ1) is 19.2. The average Bonchev–Trinajstić information content (AvgIpc) is 3.19. The summed E-state index contributed by atoms with van der Waals surface area (Å²) in [6, 6.07) is 9.13. The average molecular weight is 383 g/mol. The van der Waals surface area contributed by atoms with Crippen molar-refractivity contribution < 1.29 is 23.8 Å². The van der Waals surface area contributed by atoms with E-state index in [1.165, 1.54) is 19.1 Å². The van der Waals surface area contributed by atoms with E-state index in [4.69, 9.17) is 14.2 Å². The fourth-order valence-electron chi connectivity index (χ4n) is 2.80. The predicted molar refractivity (Wildman–Crippen MR) is 104 cm³/mol. The van der Waals surface area contributed by atoms with Gasteiger partial charge in [-0.3, -0.25) is 9.89 Å². The fourth-order valence-corrected chi connectivity index (χ4v) is 2.80. The molecule has 0 radical (unpaired) electrons. The number of esters is 1. The number of likely N-dealkylation sites (N-methyl/N-ethyl adjacent to an activating group) is 1. The first-order valence-electron chi connectivity index (χ1n) is 8.52. The summed E-state index contributed by atoms with van der Waals surface area (Å²) in [5.74, 6) is -0.352. The lowest BCUT2D eigenvalue weighted by molar-refractivity contribution is -0.130. The van der Waals surface area contributed by atoms with E-state index in [-0.39, 0.29) is 23.8 Å². The zero-order valence-electron chi connectivity index (χ0n) is 16.1. The molecule has 0 aliphatic heterocycles. The molecule has 1 amide bonds. The molecule has 3 rings (SSSR count). The standard InChI is InChI=1S/C20H21N3O5/c1-23(2)18(24)11-28-19-14(20(25)27-4)8-12(9-17(19)26-3)13-6-5-7-16-15(13)10-21-22-16/h5-10H,11H2,1-4H3,(H,21,22). The Hall–Kier alpha value is -3.55. The van der Waals surface area contributed by atoms with Gasteiger partial charge in [0.1, 0.15) is 5.56 Å². The maximum atomic E-state index is 12.4. The quantitative estimate of drug-likeness (QED) is 0.658. The van der Waals surface area contributed by atoms with Gasteiger partial charge in [-0.25, -0.2) is 4.79 Å². The molecule has 3 aromatic rings. The van der Waals surface area contributed by atoms with Gasteiger partial charge < -0.3 is 19.1 Å². The van der Waals surface area contributed by atoms with Crippen molar-refractivity contribution >= 4 is 22.8 Å². The summed E-state index contributed by atoms with van der Waals surface area (Å²) in [6.45, 7) is -0.232. The van der Waals surface area contributed by atoms with Gasteiger partial charge >= 0.3 is 5.97 Å². The Kier molecular flexibility index (Phi) is 5.49. The molecular weight excluding hydrogens is 362 g/mol. The second-order valence-electron chi connectivity index (χ2n) is 6.26. The van der Waals surface area contributed by atoms with Gasteiger partial charge in [-0.05, 0) is 29.3 Å². The van der Waals surface area contributed by atoms with Crippen molar-refractivity contribution in [2.24, 2.45) is 0 Å². The van der Waals surface area contributed by atoms with Crippen LogP contribution >= 0.6 is 0 Å². The third-order valence-corrected chi connectivity index (χ3v) is 4.31. The van der Waals surface area contributed by atoms with Gasteiger partial charge in [-0.2, -0.15) is 5.10 Å². The third kappa shape index (κ3) is 3.62. The smallest absolute Gasteiger partial charge is 0.341 e. The second kappa shape index (κ2) is 7.99. The van der Waals surface area contributed by atoms with Crippen LogP contribution in [0.15, 0.2) is 36.5 Å². The number of nitrogens with zero attached hydrogens (tertiary/aromatic N) is 2. The van der Waals surface area contributed by atoms with Crippen LogP contribution in [-0.4, -0.2) is 61.9 Å². The van der Waals surface area contributed by atoms with E-state index in [0.717, 1.165) is 22.0 Å². The molecule has 0 spiro atoms. The Bertz CT molecular complexity index is 1030. The lowest BCUT2D eigenvalue weighted by atomic mass is 9.99. The van der Waals surface area contributed by atoms with Crippen LogP contribution in [-0.2, 0) is 9.53 Å². The van der Waals surface area contributed by atoms with Crippen LogP contribution in [0, 0.1) is 0 Å². The molecule has 1 heterocycles. The van der Waals surface area contributed by atoms with E-state index in [9.17, 15) is 9.59 Å². The van der Waals surface area contributed by atoms with E-state index in [2.05, 4.69) is 10.2 Å². The molecule has 0 aliphatic rings. The van der Waals surface area contributed by atoms with Gasteiger partial charge in [0.2, 0.25) is 0 Å². The number of H-pyrrole nitrogens is 1. The number of amides is 1. The normalized spacial score (nSPS) is 10.6. The Balaban J connectivity index is 2.13. The van der Waals surface area contributed by atoms with Crippen LogP contribution in [0.25, 0.3) is 22.0 Å². The van der Waals surface area contributed by atoms with Gasteiger partial charge in [-0.15, -0.1) is 0 Å². The van der Waals surface area contributed by atoms with Gasteiger partial charge in [0.15, 0.2) is 18.1 Å². The predicted octanol–water partition coefficient (Wildman–Crippen LogP) is 2.49. The van der Waals surface area contributed by atoms with Crippen LogP contribution in [0.1, 0.15) is 10.4 Å². The molecule has 0 saturated heterocycles. The number of nitrogens with one attached hydrogen (secondary N) is 1. The van der Waals surface area contributed by atoms with E-state index in [1.54, 1.807) is 32.4 Å². The van der Waals surface area contributed by atoms with Gasteiger partial charge in [0, 0.05) is 19.5 Å². The number of fused-ring (bicyclic) bond motifs is 1. The summed E-state index contributed by atoms with van der Waals surface area (Å²) >= 11 is 0. The minimum Gasteiger partial charge on any atom is -0.493 e. The Morgan fingerprint density at radius 3 is 2.64 bits per heavy atom. The number of carbonyl (C=O) groups excluding carboxylic acids is 2. The summed E-state index contributed by atoms with van der Waals surface area (Å²) in [4.78, 5) is 25.7. The van der Waals surface area contributed by atoms with Crippen molar-refractivity contribution in [1.29, 1.82) is 0 Å². The molecule has 8 heteroatoms. The maximum Gasteiger partial charge on any atom is 0.341 e. The zero-order chi connectivity index (χ0) is 20.3. The topological polar surface area (TPSA) is 93.8 Å². The van der Waals surface area contributed by atoms with Crippen molar-refractivity contribution in [3.8, 4) is 22.6 Å². The first-order chi connectivity index (χ1) is 13.5. The van der Waals surface area contributed by atoms with E-state index < -0.39 is 5.97 Å². The highest BCUT2D eigenvalue weighted by atomic mass is 16.5. The molecule has 146 valence electrons. The lowest BCUT2D eigenvalue weighted by Gasteiger charge is -2.17. The summed E-state index contributed by atoms with van der Waals surface area (Å²) in [6.07, 6.45) is 1.72. The van der Waals surface area contributed by atoms with Gasteiger partial charge in [0.05, 0.1) is 25.9 Å². The number of hydrogen-bond donors (Lipinski definition) is 1. The highest BCUT2D eigenvalue weighted by Crippen LogP contribution is 2.38. The highest BCUT2D eigenvalue weighted by molar-refractivity contribution is 5.99. The lowest BCUT2D eigenvalue weighted by Crippen LogP contribution is -2.28. The number of ether oxygens (including phenoxy) is 3. The van der Waals surface area contributed by atoms with Gasteiger partial charge in [-0.1, -0.05) is 12.1 Å². The molecule has 0 fully saturated rings. The molecule has 8 nitrogen and oxygen atoms in total. The van der Waals surface area contributed by atoms with E-state index >= 15 is 0 Å². The molecule has 1 aromatic heterocycles. The largest absolute Gasteiger partial charge is 0.493 e. The molecule has 0 aliphatic carbocycles. The van der Waals surface area contributed by atoms with Crippen molar-refractivity contribution in [2.75, 3.05) is 34.9 Å². The summed E-state index contributed by atoms with van der Waals surface area (Å²) in [7, 11) is 6.00. The fraction of sp³-hybridized carbons (Fsp3) is 0.250. The zero-order valence-corrected chi connectivity index (χ0v) is 16.1. The molecule has 2 aromatic carbocycles. The van der Waals surface area contributed by atoms with Crippen LogP contribution in [0.2, 0.25) is 0 Å². The monoisotopic (exact) mass is 383 g/mol. The summed E-state index contributed by atoms with van der Waals surface area (Å²) in [5, 5.41) is 7.89. The first-order valence-corrected chi connectivity index (χ1v) is 8.52. The van der Waals surface area contributed by atoms with E-state index in [1.807, 2.05) is 18.2 Å². The number of aromatic nitrogens is 2. The summed E-state index contributed by atoms with van der Waals surface area (Å²) < 4.78 is 16.0. The molecule has 0 bridgehead atoms. The SMILES string of the molecule is COC(=O)c1cc(-c2cccc3[nH]ncc23)cc(OC)c1OCC(=O)N(C)C.